The van der Waals surface area contributed by atoms with Gasteiger partial charge in [0.2, 0.25) is 0 Å². The monoisotopic (exact) mass is 459 g/mol. The number of anilines is 4. The third kappa shape index (κ3) is 5.60. The van der Waals surface area contributed by atoms with Crippen molar-refractivity contribution in [2.24, 2.45) is 5.73 Å². The molecule has 0 bridgehead atoms. The topological polar surface area (TPSA) is 125 Å². The molecule has 0 unspecified atom stereocenters. The molecule has 0 radical (unpaired) electrons. The fourth-order valence-corrected chi connectivity index (χ4v) is 3.20. The number of hydrogen-bond acceptors (Lipinski definition) is 5. The number of carbonyl (C=O) groups is 2. The van der Waals surface area contributed by atoms with E-state index in [9.17, 15) is 33.0 Å². The van der Waals surface area contributed by atoms with Gasteiger partial charge in [-0.1, -0.05) is 18.2 Å². The highest BCUT2D eigenvalue weighted by Crippen LogP contribution is 2.37. The summed E-state index contributed by atoms with van der Waals surface area (Å²) in [6.07, 6.45) is -4.21. The molecule has 0 amide bonds. The van der Waals surface area contributed by atoms with Gasteiger partial charge in [-0.15, -0.1) is 0 Å². The maximum absolute atomic E-state index is 13.3. The van der Waals surface area contributed by atoms with Gasteiger partial charge in [-0.05, 0) is 61.0 Å². The van der Waals surface area contributed by atoms with E-state index in [-0.39, 0.29) is 33.9 Å². The van der Waals surface area contributed by atoms with Crippen molar-refractivity contribution in [1.29, 1.82) is 0 Å². The standard InChI is InChI=1S/C23H20F3N3O4/c24-23(25,26)14-6-8-19(28-17-4-2-1-3-15(17)21(30)31)20(12-14)29-18-7-5-13(9-10-27)11-16(18)22(32)33/h1-8,11-12,28-29H,9-10,27H2,(H,30,31)(H,32,33). The first-order valence-electron chi connectivity index (χ1n) is 9.74. The van der Waals surface area contributed by atoms with Crippen LogP contribution in [0.1, 0.15) is 31.8 Å². The Kier molecular flexibility index (Phi) is 6.88. The van der Waals surface area contributed by atoms with Gasteiger partial charge in [-0.2, -0.15) is 13.2 Å². The second-order valence-corrected chi connectivity index (χ2v) is 7.08. The summed E-state index contributed by atoms with van der Waals surface area (Å²) in [6, 6.07) is 13.2. The van der Waals surface area contributed by atoms with E-state index >= 15 is 0 Å². The van der Waals surface area contributed by atoms with E-state index in [1.165, 1.54) is 30.3 Å². The number of hydrogen-bond donors (Lipinski definition) is 5. The Hall–Kier alpha value is -4.05. The Bertz CT molecular complexity index is 1200. The van der Waals surface area contributed by atoms with Crippen LogP contribution in [-0.2, 0) is 12.6 Å². The minimum Gasteiger partial charge on any atom is -0.478 e. The predicted molar refractivity (Wildman–Crippen MR) is 118 cm³/mol. The SMILES string of the molecule is NCCc1ccc(Nc2cc(C(F)(F)F)ccc2Nc2ccccc2C(=O)O)c(C(=O)O)c1. The molecule has 33 heavy (non-hydrogen) atoms. The number of halogens is 3. The minimum atomic E-state index is -4.64. The number of carboxylic acid groups (broad SMARTS) is 2. The highest BCUT2D eigenvalue weighted by Gasteiger charge is 2.31. The summed E-state index contributed by atoms with van der Waals surface area (Å²) in [5.74, 6) is -2.49. The van der Waals surface area contributed by atoms with Gasteiger partial charge < -0.3 is 26.6 Å². The lowest BCUT2D eigenvalue weighted by Crippen LogP contribution is -2.10. The predicted octanol–water partition coefficient (Wildman–Crippen LogP) is 5.09. The number of benzene rings is 3. The molecule has 0 saturated heterocycles. The fourth-order valence-electron chi connectivity index (χ4n) is 3.20. The zero-order valence-electron chi connectivity index (χ0n) is 17.1. The third-order valence-electron chi connectivity index (χ3n) is 4.79. The van der Waals surface area contributed by atoms with Gasteiger partial charge in [0, 0.05) is 0 Å². The van der Waals surface area contributed by atoms with Crippen molar-refractivity contribution < 1.29 is 33.0 Å². The Labute approximate surface area is 186 Å². The highest BCUT2D eigenvalue weighted by molar-refractivity contribution is 5.98. The second kappa shape index (κ2) is 9.61. The summed E-state index contributed by atoms with van der Waals surface area (Å²) in [6.45, 7) is 0.302. The van der Waals surface area contributed by atoms with Crippen LogP contribution in [-0.4, -0.2) is 28.7 Å². The zero-order valence-corrected chi connectivity index (χ0v) is 17.1. The molecule has 10 heteroatoms. The summed E-state index contributed by atoms with van der Waals surface area (Å²) in [7, 11) is 0. The molecule has 7 nitrogen and oxygen atoms in total. The molecule has 3 aromatic carbocycles. The molecule has 172 valence electrons. The number of rotatable bonds is 8. The lowest BCUT2D eigenvalue weighted by molar-refractivity contribution is -0.137. The molecule has 0 saturated carbocycles. The van der Waals surface area contributed by atoms with Crippen molar-refractivity contribution >= 4 is 34.7 Å². The van der Waals surface area contributed by atoms with Crippen molar-refractivity contribution in [1.82, 2.24) is 0 Å². The summed E-state index contributed by atoms with van der Waals surface area (Å²) in [5, 5.41) is 24.6. The average molecular weight is 459 g/mol. The number of alkyl halides is 3. The van der Waals surface area contributed by atoms with Gasteiger partial charge in [0.25, 0.3) is 0 Å². The average Bonchev–Trinajstić information content (AvgIpc) is 2.75. The van der Waals surface area contributed by atoms with Crippen LogP contribution in [0.15, 0.2) is 60.7 Å². The van der Waals surface area contributed by atoms with Crippen molar-refractivity contribution in [3.8, 4) is 0 Å². The van der Waals surface area contributed by atoms with Crippen molar-refractivity contribution in [2.75, 3.05) is 17.2 Å². The summed E-state index contributed by atoms with van der Waals surface area (Å²) in [4.78, 5) is 23.3. The van der Waals surface area contributed by atoms with E-state index in [0.717, 1.165) is 18.2 Å². The largest absolute Gasteiger partial charge is 0.478 e. The fraction of sp³-hybridized carbons (Fsp3) is 0.130. The molecule has 0 aliphatic rings. The van der Waals surface area contributed by atoms with E-state index in [2.05, 4.69) is 10.6 Å². The molecular formula is C23H20F3N3O4. The quantitative estimate of drug-likeness (QED) is 0.318. The molecular weight excluding hydrogens is 439 g/mol. The molecule has 0 heterocycles. The first-order valence-corrected chi connectivity index (χ1v) is 9.74. The van der Waals surface area contributed by atoms with Crippen LogP contribution < -0.4 is 16.4 Å². The van der Waals surface area contributed by atoms with Gasteiger partial charge in [-0.3, -0.25) is 0 Å². The highest BCUT2D eigenvalue weighted by atomic mass is 19.4. The van der Waals surface area contributed by atoms with Gasteiger partial charge >= 0.3 is 18.1 Å². The Balaban J connectivity index is 2.09. The molecule has 0 fully saturated rings. The molecule has 0 atom stereocenters. The van der Waals surface area contributed by atoms with Crippen LogP contribution in [0.2, 0.25) is 0 Å². The second-order valence-electron chi connectivity index (χ2n) is 7.08. The number of aromatic carboxylic acids is 2. The molecule has 0 aliphatic carbocycles. The van der Waals surface area contributed by atoms with Crippen LogP contribution in [0.4, 0.5) is 35.9 Å². The van der Waals surface area contributed by atoms with E-state index in [1.54, 1.807) is 12.1 Å². The normalized spacial score (nSPS) is 11.2. The van der Waals surface area contributed by atoms with Gasteiger partial charge in [0.15, 0.2) is 0 Å². The summed E-state index contributed by atoms with van der Waals surface area (Å²) >= 11 is 0. The zero-order chi connectivity index (χ0) is 24.2. The van der Waals surface area contributed by atoms with Gasteiger partial charge in [0.1, 0.15) is 0 Å². The number of para-hydroxylation sites is 1. The van der Waals surface area contributed by atoms with Crippen molar-refractivity contribution in [3.05, 3.63) is 82.9 Å². The summed E-state index contributed by atoms with van der Waals surface area (Å²) < 4.78 is 40.0. The van der Waals surface area contributed by atoms with E-state index < -0.39 is 23.7 Å². The van der Waals surface area contributed by atoms with Crippen molar-refractivity contribution in [3.63, 3.8) is 0 Å². The number of nitrogens with two attached hydrogens (primary N) is 1. The smallest absolute Gasteiger partial charge is 0.416 e. The number of nitrogens with one attached hydrogen (secondary N) is 2. The molecule has 0 aliphatic heterocycles. The number of carboxylic acids is 2. The van der Waals surface area contributed by atoms with Crippen LogP contribution in [0.3, 0.4) is 0 Å². The van der Waals surface area contributed by atoms with Crippen LogP contribution in [0.5, 0.6) is 0 Å². The first-order chi connectivity index (χ1) is 15.6. The van der Waals surface area contributed by atoms with Gasteiger partial charge in [0.05, 0.1) is 39.4 Å². The van der Waals surface area contributed by atoms with E-state index in [1.807, 2.05) is 0 Å². The molecule has 6 N–H and O–H groups in total. The van der Waals surface area contributed by atoms with Crippen LogP contribution in [0, 0.1) is 0 Å². The van der Waals surface area contributed by atoms with Gasteiger partial charge in [-0.25, -0.2) is 9.59 Å². The summed E-state index contributed by atoms with van der Waals surface area (Å²) in [5.41, 5.74) is 5.26. The molecule has 0 spiro atoms. The Morgan fingerprint density at radius 3 is 2.03 bits per heavy atom. The Morgan fingerprint density at radius 2 is 1.39 bits per heavy atom. The first kappa shape index (κ1) is 23.6. The van der Waals surface area contributed by atoms with E-state index in [4.69, 9.17) is 5.73 Å². The van der Waals surface area contributed by atoms with Crippen molar-refractivity contribution in [2.45, 2.75) is 12.6 Å². The minimum absolute atomic E-state index is 0.0668. The Morgan fingerprint density at radius 1 is 0.788 bits per heavy atom. The van der Waals surface area contributed by atoms with Crippen LogP contribution in [0.25, 0.3) is 0 Å². The maximum Gasteiger partial charge on any atom is 0.416 e. The lowest BCUT2D eigenvalue weighted by atomic mass is 10.0. The molecule has 3 rings (SSSR count). The third-order valence-corrected chi connectivity index (χ3v) is 4.79. The molecule has 0 aromatic heterocycles. The van der Waals surface area contributed by atoms with Crippen LogP contribution >= 0.6 is 0 Å². The lowest BCUT2D eigenvalue weighted by Gasteiger charge is -2.19. The maximum atomic E-state index is 13.3. The van der Waals surface area contributed by atoms with E-state index in [0.29, 0.717) is 18.5 Å². The molecule has 3 aromatic rings.